The molecule has 0 aromatic heterocycles. The minimum Gasteiger partial charge on any atom is -0.463 e. The van der Waals surface area contributed by atoms with Crippen LogP contribution < -0.4 is 11.5 Å². The number of hydrogen-bond acceptors (Lipinski definition) is 5. The average molecular weight is 321 g/mol. The molecule has 0 unspecified atom stereocenters. The largest absolute Gasteiger partial charge is 0.463 e. The summed E-state index contributed by atoms with van der Waals surface area (Å²) >= 11 is 0. The number of amidine groups is 1. The third-order valence-electron chi connectivity index (χ3n) is 3.34. The number of anilines is 1. The summed E-state index contributed by atoms with van der Waals surface area (Å²) in [6, 6.07) is 3.48. The van der Waals surface area contributed by atoms with Crippen LogP contribution in [0.2, 0.25) is 0 Å². The van der Waals surface area contributed by atoms with Gasteiger partial charge in [-0.25, -0.2) is 9.38 Å². The van der Waals surface area contributed by atoms with Crippen molar-refractivity contribution >= 4 is 11.7 Å². The van der Waals surface area contributed by atoms with E-state index in [1.807, 2.05) is 0 Å². The second-order valence-corrected chi connectivity index (χ2v) is 5.06. The van der Waals surface area contributed by atoms with Crippen LogP contribution in [0.4, 0.5) is 23.2 Å². The summed E-state index contributed by atoms with van der Waals surface area (Å²) in [5.74, 6) is -0.671. The van der Waals surface area contributed by atoms with E-state index >= 15 is 0 Å². The average Bonchev–Trinajstić information content (AvgIpc) is 2.39. The van der Waals surface area contributed by atoms with Crippen LogP contribution in [0, 0.1) is 5.82 Å². The molecule has 0 saturated carbocycles. The Morgan fingerprint density at radius 1 is 1.41 bits per heavy atom. The standard InChI is InChI=1S/C13H15F4N3O2/c1-12(8-4-7(18)2-3-9(8)14)10(5-21-11(19)20-12)22-6-13(15,16)17/h2-4,10H,5-6,18H2,1H3,(H2,19,20)/t10-,12+/m0/s1. The molecule has 1 aliphatic heterocycles. The molecule has 122 valence electrons. The van der Waals surface area contributed by atoms with Crippen LogP contribution in [-0.4, -0.2) is 31.5 Å². The van der Waals surface area contributed by atoms with Gasteiger partial charge in [-0.15, -0.1) is 0 Å². The zero-order chi connectivity index (χ0) is 16.5. The first-order valence-electron chi connectivity index (χ1n) is 6.34. The molecule has 0 spiro atoms. The molecule has 1 aromatic rings. The highest BCUT2D eigenvalue weighted by Crippen LogP contribution is 2.37. The highest BCUT2D eigenvalue weighted by atomic mass is 19.4. The Kier molecular flexibility index (Phi) is 4.19. The van der Waals surface area contributed by atoms with Gasteiger partial charge >= 0.3 is 6.18 Å². The minimum atomic E-state index is -4.53. The summed E-state index contributed by atoms with van der Waals surface area (Å²) in [6.45, 7) is -0.368. The van der Waals surface area contributed by atoms with E-state index in [-0.39, 0.29) is 23.9 Å². The Labute approximate surface area is 123 Å². The second kappa shape index (κ2) is 5.64. The van der Waals surface area contributed by atoms with Crippen LogP contribution >= 0.6 is 0 Å². The van der Waals surface area contributed by atoms with Gasteiger partial charge in [-0.3, -0.25) is 0 Å². The van der Waals surface area contributed by atoms with Crippen molar-refractivity contribution in [3.05, 3.63) is 29.6 Å². The normalized spacial score (nSPS) is 25.5. The van der Waals surface area contributed by atoms with Crippen molar-refractivity contribution in [2.45, 2.75) is 24.7 Å². The molecule has 2 rings (SSSR count). The lowest BCUT2D eigenvalue weighted by molar-refractivity contribution is -0.197. The van der Waals surface area contributed by atoms with Gasteiger partial charge in [-0.1, -0.05) is 0 Å². The number of nitrogen functional groups attached to an aromatic ring is 1. The van der Waals surface area contributed by atoms with Gasteiger partial charge in [0.05, 0.1) is 0 Å². The number of aliphatic imine (C=N–C) groups is 1. The molecule has 9 heteroatoms. The Balaban J connectivity index is 2.40. The van der Waals surface area contributed by atoms with E-state index in [0.29, 0.717) is 0 Å². The first kappa shape index (κ1) is 16.3. The van der Waals surface area contributed by atoms with E-state index in [2.05, 4.69) is 4.99 Å². The van der Waals surface area contributed by atoms with E-state index in [1.165, 1.54) is 19.1 Å². The molecule has 1 aliphatic rings. The smallest absolute Gasteiger partial charge is 0.411 e. The van der Waals surface area contributed by atoms with Gasteiger partial charge in [-0.2, -0.15) is 13.2 Å². The van der Waals surface area contributed by atoms with Crippen molar-refractivity contribution < 1.29 is 27.0 Å². The van der Waals surface area contributed by atoms with Crippen LogP contribution in [-0.2, 0) is 15.0 Å². The molecule has 0 bridgehead atoms. The molecular weight excluding hydrogens is 306 g/mol. The maximum Gasteiger partial charge on any atom is 0.411 e. The van der Waals surface area contributed by atoms with Crippen LogP contribution in [0.15, 0.2) is 23.2 Å². The van der Waals surface area contributed by atoms with Crippen LogP contribution in [0.5, 0.6) is 0 Å². The number of benzene rings is 1. The summed E-state index contributed by atoms with van der Waals surface area (Å²) < 4.78 is 60.9. The Hall–Kier alpha value is -2.03. The number of halogens is 4. The van der Waals surface area contributed by atoms with Gasteiger partial charge in [0, 0.05) is 11.3 Å². The zero-order valence-electron chi connectivity index (χ0n) is 11.7. The van der Waals surface area contributed by atoms with Crippen LogP contribution in [0.1, 0.15) is 12.5 Å². The highest BCUT2D eigenvalue weighted by molar-refractivity contribution is 5.73. The fourth-order valence-corrected chi connectivity index (χ4v) is 2.23. The maximum absolute atomic E-state index is 14.1. The fraction of sp³-hybridized carbons (Fsp3) is 0.462. The summed E-state index contributed by atoms with van der Waals surface area (Å²) in [6.07, 6.45) is -5.69. The molecule has 5 nitrogen and oxygen atoms in total. The Bertz CT molecular complexity index is 591. The van der Waals surface area contributed by atoms with Crippen LogP contribution in [0.3, 0.4) is 0 Å². The molecular formula is C13H15F4N3O2. The molecule has 1 aromatic carbocycles. The predicted molar refractivity (Wildman–Crippen MR) is 71.5 cm³/mol. The van der Waals surface area contributed by atoms with Crippen molar-refractivity contribution in [2.24, 2.45) is 10.7 Å². The molecule has 0 radical (unpaired) electrons. The van der Waals surface area contributed by atoms with Gasteiger partial charge in [-0.05, 0) is 25.1 Å². The topological polar surface area (TPSA) is 82.9 Å². The molecule has 22 heavy (non-hydrogen) atoms. The van der Waals surface area contributed by atoms with E-state index in [4.69, 9.17) is 20.9 Å². The fourth-order valence-electron chi connectivity index (χ4n) is 2.23. The summed E-state index contributed by atoms with van der Waals surface area (Å²) in [4.78, 5) is 3.95. The predicted octanol–water partition coefficient (Wildman–Crippen LogP) is 1.92. The highest BCUT2D eigenvalue weighted by Gasteiger charge is 2.44. The summed E-state index contributed by atoms with van der Waals surface area (Å²) in [5, 5.41) is 0. The molecule has 1 heterocycles. The zero-order valence-corrected chi connectivity index (χ0v) is 11.7. The lowest BCUT2D eigenvalue weighted by Gasteiger charge is -2.37. The Morgan fingerprint density at radius 3 is 2.73 bits per heavy atom. The van der Waals surface area contributed by atoms with E-state index in [9.17, 15) is 17.6 Å². The number of ether oxygens (including phenoxy) is 2. The van der Waals surface area contributed by atoms with Gasteiger partial charge in [0.2, 0.25) is 0 Å². The van der Waals surface area contributed by atoms with Gasteiger partial charge in [0.15, 0.2) is 0 Å². The second-order valence-electron chi connectivity index (χ2n) is 5.06. The Morgan fingerprint density at radius 2 is 2.09 bits per heavy atom. The van der Waals surface area contributed by atoms with Crippen LogP contribution in [0.25, 0.3) is 0 Å². The van der Waals surface area contributed by atoms with Crippen molar-refractivity contribution in [1.82, 2.24) is 0 Å². The van der Waals surface area contributed by atoms with Gasteiger partial charge in [0.1, 0.15) is 30.7 Å². The number of hydrogen-bond donors (Lipinski definition) is 2. The first-order valence-corrected chi connectivity index (χ1v) is 6.34. The first-order chi connectivity index (χ1) is 10.1. The molecule has 0 fully saturated rings. The maximum atomic E-state index is 14.1. The molecule has 0 aliphatic carbocycles. The van der Waals surface area contributed by atoms with Gasteiger partial charge in [0.25, 0.3) is 6.02 Å². The minimum absolute atomic E-state index is 0.00840. The number of alkyl halides is 3. The van der Waals surface area contributed by atoms with Crippen molar-refractivity contribution in [3.8, 4) is 0 Å². The lowest BCUT2D eigenvalue weighted by atomic mass is 9.85. The number of rotatable bonds is 3. The van der Waals surface area contributed by atoms with Crippen molar-refractivity contribution in [3.63, 3.8) is 0 Å². The SMILES string of the molecule is C[C@]1(c2cc(N)ccc2F)N=C(N)OC[C@@H]1OCC(F)(F)F. The quantitative estimate of drug-likeness (QED) is 0.658. The third-order valence-corrected chi connectivity index (χ3v) is 3.34. The molecule has 0 saturated heterocycles. The van der Waals surface area contributed by atoms with E-state index < -0.39 is 30.2 Å². The summed E-state index contributed by atoms with van der Waals surface area (Å²) in [7, 11) is 0. The molecule has 2 atom stereocenters. The van der Waals surface area contributed by atoms with Gasteiger partial charge < -0.3 is 20.9 Å². The van der Waals surface area contributed by atoms with Crippen molar-refractivity contribution in [1.29, 1.82) is 0 Å². The number of nitrogens with zero attached hydrogens (tertiary/aromatic N) is 1. The number of nitrogens with two attached hydrogens (primary N) is 2. The van der Waals surface area contributed by atoms with E-state index in [0.717, 1.165) is 6.07 Å². The lowest BCUT2D eigenvalue weighted by Crippen LogP contribution is -2.48. The summed E-state index contributed by atoms with van der Waals surface area (Å²) in [5.41, 5.74) is 9.85. The van der Waals surface area contributed by atoms with Crippen molar-refractivity contribution in [2.75, 3.05) is 18.9 Å². The molecule has 0 amide bonds. The van der Waals surface area contributed by atoms with E-state index in [1.54, 1.807) is 0 Å². The third kappa shape index (κ3) is 3.41. The molecule has 4 N–H and O–H groups in total. The monoisotopic (exact) mass is 321 g/mol.